The van der Waals surface area contributed by atoms with E-state index < -0.39 is 190 Å². The lowest BCUT2D eigenvalue weighted by molar-refractivity contribution is -0.147. The normalized spacial score (nSPS) is 19.2. The van der Waals surface area contributed by atoms with Crippen LogP contribution in [0.1, 0.15) is 209 Å². The summed E-state index contributed by atoms with van der Waals surface area (Å²) in [6.45, 7) is 29.4. The lowest BCUT2D eigenvalue weighted by Gasteiger charge is -2.37. The average molecular weight is 1430 g/mol. The van der Waals surface area contributed by atoms with E-state index in [9.17, 15) is 82.1 Å². The SMILES string of the molecule is CC[C@H](C)[C@H](NC(=O)[C@H](CO)NC(=O)[C@@H]1CCCN1C(=O)C(C)(C)NC(=O)[C@H](CC(C)C)NC(=O)[C@H](CC(N)=O)NC(=O)C(C)(C)NC(C)=O)C(=O)NC(C)(C)C(=O)N1CCC[C@H]1C(=O)N[C@@](C)(CC)C(=O)N[C@@H](CC(C)C)C(=O)NC(C)(C)C(=O)N1CCC[C@H]1C(=O)N[C@H](CO)CC(C)C. The Labute approximate surface area is 594 Å². The van der Waals surface area contributed by atoms with Crippen LogP contribution in [0.15, 0.2) is 0 Å². The molecule has 0 unspecified atom stereocenters. The lowest BCUT2D eigenvalue weighted by Crippen LogP contribution is -2.66. The lowest BCUT2D eigenvalue weighted by atomic mass is 9.94. The van der Waals surface area contributed by atoms with Crippen molar-refractivity contribution in [3.8, 4) is 0 Å². The third kappa shape index (κ3) is 24.6. The maximum absolute atomic E-state index is 14.6. The molecule has 32 nitrogen and oxygen atoms in total. The molecule has 101 heavy (non-hydrogen) atoms. The van der Waals surface area contributed by atoms with E-state index >= 15 is 0 Å². The molecule has 3 aliphatic heterocycles. The first-order chi connectivity index (χ1) is 46.6. The Bertz CT molecular complexity index is 3030. The Morgan fingerprint density at radius 1 is 0.436 bits per heavy atom. The van der Waals surface area contributed by atoms with E-state index in [4.69, 9.17) is 5.73 Å². The molecule has 0 aromatic rings. The number of hydrogen-bond donors (Lipinski definition) is 14. The van der Waals surface area contributed by atoms with E-state index in [0.29, 0.717) is 38.5 Å². The first-order valence-electron chi connectivity index (χ1n) is 35.5. The zero-order valence-corrected chi connectivity index (χ0v) is 63.0. The van der Waals surface area contributed by atoms with E-state index in [1.54, 1.807) is 34.6 Å². The fourth-order valence-corrected chi connectivity index (χ4v) is 12.6. The minimum atomic E-state index is -1.74. The van der Waals surface area contributed by atoms with Crippen LogP contribution in [0.5, 0.6) is 0 Å². The van der Waals surface area contributed by atoms with Gasteiger partial charge >= 0.3 is 0 Å². The molecule has 0 aromatic carbocycles. The summed E-state index contributed by atoms with van der Waals surface area (Å²) in [4.78, 5) is 211. The van der Waals surface area contributed by atoms with E-state index in [-0.39, 0.29) is 76.1 Å². The van der Waals surface area contributed by atoms with Crippen LogP contribution in [0.4, 0.5) is 0 Å². The van der Waals surface area contributed by atoms with Gasteiger partial charge in [-0.05, 0) is 150 Å². The standard InChI is InChI=1S/C69H119N15O17/c1-20-40(9)51(76-53(90)46(36-86)73-57(94)48-26-23-29-83(48)63(100)66(13,14)78-54(91)43(32-38(5)6)72-52(89)45(34-50(70)88)74-60(97)65(11,12)77-41(10)87)59(96)80-68(17,18)64(101)84-30-24-27-49(84)58(95)81-69(19,21-2)61(98)75-44(33-39(7)8)55(92)79-67(15,16)62(99)82-28-22-25-47(82)56(93)71-42(35-85)31-37(3)4/h37-40,42-49,51,85-86H,20-36H2,1-19H3,(H2,70,88)(H,71,93)(H,72,89)(H,73,94)(H,74,97)(H,75,98)(H,76,90)(H,77,87)(H,78,91)(H,79,92)(H,80,96)(H,81,95)/t40-,42-,43-,44-,45-,46-,47-,48-,49-,51-,69-/m0/s1. The van der Waals surface area contributed by atoms with Gasteiger partial charge in [0.05, 0.1) is 25.7 Å². The number of carbonyl (C=O) groups excluding carboxylic acids is 15. The number of nitrogens with two attached hydrogens (primary N) is 1. The molecule has 0 radical (unpaired) electrons. The Kier molecular flexibility index (Phi) is 32.1. The summed E-state index contributed by atoms with van der Waals surface area (Å²) in [5.41, 5.74) is -2.75. The molecule has 3 saturated heterocycles. The van der Waals surface area contributed by atoms with Crippen LogP contribution in [0.3, 0.4) is 0 Å². The van der Waals surface area contributed by atoms with Gasteiger partial charge in [0.15, 0.2) is 0 Å². The molecule has 3 heterocycles. The van der Waals surface area contributed by atoms with Crippen molar-refractivity contribution in [2.75, 3.05) is 32.8 Å². The van der Waals surface area contributed by atoms with Crippen LogP contribution >= 0.6 is 0 Å². The first kappa shape index (κ1) is 87.2. The van der Waals surface area contributed by atoms with Gasteiger partial charge < -0.3 is 89.1 Å². The number of hydrogen-bond acceptors (Lipinski definition) is 17. The summed E-state index contributed by atoms with van der Waals surface area (Å²) in [6.07, 6.45) is 2.28. The van der Waals surface area contributed by atoms with Gasteiger partial charge in [0, 0.05) is 26.6 Å². The van der Waals surface area contributed by atoms with Gasteiger partial charge in [-0.15, -0.1) is 0 Å². The Hall–Kier alpha value is -8.03. The molecule has 572 valence electrons. The average Bonchev–Trinajstić information content (AvgIpc) is 1.78. The van der Waals surface area contributed by atoms with Gasteiger partial charge in [-0.25, -0.2) is 0 Å². The van der Waals surface area contributed by atoms with Gasteiger partial charge in [0.25, 0.3) is 0 Å². The molecular weight excluding hydrogens is 1310 g/mol. The van der Waals surface area contributed by atoms with Crippen LogP contribution < -0.4 is 64.2 Å². The Balaban J connectivity index is 1.74. The molecule has 3 rings (SSSR count). The van der Waals surface area contributed by atoms with E-state index in [1.807, 2.05) is 27.7 Å². The topological polar surface area (TPSA) is 465 Å². The Morgan fingerprint density at radius 3 is 1.22 bits per heavy atom. The van der Waals surface area contributed by atoms with Crippen molar-refractivity contribution in [3.05, 3.63) is 0 Å². The fraction of sp³-hybridized carbons (Fsp3) is 0.783. The largest absolute Gasteiger partial charge is 0.394 e. The summed E-state index contributed by atoms with van der Waals surface area (Å²) in [7, 11) is 0. The van der Waals surface area contributed by atoms with Gasteiger partial charge in [0.1, 0.15) is 76.0 Å². The summed E-state index contributed by atoms with van der Waals surface area (Å²) >= 11 is 0. The smallest absolute Gasteiger partial charge is 0.248 e. The summed E-state index contributed by atoms with van der Waals surface area (Å²) < 4.78 is 0. The molecule has 3 aliphatic rings. The van der Waals surface area contributed by atoms with Crippen molar-refractivity contribution < 1.29 is 82.1 Å². The second-order valence-electron chi connectivity index (χ2n) is 31.0. The summed E-state index contributed by atoms with van der Waals surface area (Å²) in [6, 6.07) is -10.8. The van der Waals surface area contributed by atoms with Crippen LogP contribution in [-0.2, 0) is 71.9 Å². The number of carbonyl (C=O) groups is 15. The molecule has 0 spiro atoms. The predicted molar refractivity (Wildman–Crippen MR) is 373 cm³/mol. The van der Waals surface area contributed by atoms with Gasteiger partial charge in [-0.2, -0.15) is 0 Å². The number of nitrogens with one attached hydrogen (secondary N) is 11. The number of amides is 15. The Morgan fingerprint density at radius 2 is 0.832 bits per heavy atom. The van der Waals surface area contributed by atoms with Crippen LogP contribution in [0.25, 0.3) is 0 Å². The molecule has 3 fully saturated rings. The number of likely N-dealkylation sites (tertiary alicyclic amines) is 3. The highest BCUT2D eigenvalue weighted by molar-refractivity contribution is 6.03. The first-order valence-corrected chi connectivity index (χ1v) is 35.5. The molecule has 32 heteroatoms. The number of aliphatic hydroxyl groups is 2. The van der Waals surface area contributed by atoms with E-state index in [1.165, 1.54) is 83.9 Å². The van der Waals surface area contributed by atoms with Crippen LogP contribution in [-0.4, -0.2) is 228 Å². The van der Waals surface area contributed by atoms with E-state index in [0.717, 1.165) is 0 Å². The molecule has 11 atom stereocenters. The third-order valence-corrected chi connectivity index (χ3v) is 18.7. The van der Waals surface area contributed by atoms with Crippen LogP contribution in [0, 0.1) is 23.7 Å². The van der Waals surface area contributed by atoms with Crippen molar-refractivity contribution in [1.82, 2.24) is 73.2 Å². The molecule has 0 aromatic heterocycles. The molecule has 0 aliphatic carbocycles. The highest BCUT2D eigenvalue weighted by atomic mass is 16.3. The highest BCUT2D eigenvalue weighted by Gasteiger charge is 2.49. The molecular formula is C69H119N15O17. The second kappa shape index (κ2) is 37.2. The second-order valence-corrected chi connectivity index (χ2v) is 31.0. The van der Waals surface area contributed by atoms with Crippen molar-refractivity contribution in [2.45, 2.75) is 291 Å². The fourth-order valence-electron chi connectivity index (χ4n) is 12.6. The molecule has 15 amide bonds. The number of rotatable bonds is 37. The quantitative estimate of drug-likeness (QED) is 0.0347. The van der Waals surface area contributed by atoms with Crippen LogP contribution in [0.2, 0.25) is 0 Å². The van der Waals surface area contributed by atoms with Gasteiger partial charge in [-0.1, -0.05) is 68.7 Å². The monoisotopic (exact) mass is 1430 g/mol. The maximum atomic E-state index is 14.6. The minimum Gasteiger partial charge on any atom is -0.394 e. The maximum Gasteiger partial charge on any atom is 0.248 e. The number of aliphatic hydroxyl groups excluding tert-OH is 2. The van der Waals surface area contributed by atoms with E-state index in [2.05, 4.69) is 58.5 Å². The van der Waals surface area contributed by atoms with Gasteiger partial charge in [-0.3, -0.25) is 71.9 Å². The summed E-state index contributed by atoms with van der Waals surface area (Å²) in [5.74, 6) is -11.9. The third-order valence-electron chi connectivity index (χ3n) is 18.7. The molecule has 0 saturated carbocycles. The zero-order chi connectivity index (χ0) is 77.2. The van der Waals surface area contributed by atoms with Crippen molar-refractivity contribution in [3.63, 3.8) is 0 Å². The molecule has 15 N–H and O–H groups in total. The van der Waals surface area contributed by atoms with Crippen molar-refractivity contribution in [1.29, 1.82) is 0 Å². The zero-order valence-electron chi connectivity index (χ0n) is 63.0. The van der Waals surface area contributed by atoms with Crippen molar-refractivity contribution >= 4 is 88.6 Å². The minimum absolute atomic E-state index is 0.0222. The van der Waals surface area contributed by atoms with Crippen molar-refractivity contribution in [2.24, 2.45) is 29.4 Å². The summed E-state index contributed by atoms with van der Waals surface area (Å²) in [5, 5.41) is 49.6. The van der Waals surface area contributed by atoms with Gasteiger partial charge in [0.2, 0.25) is 88.6 Å². The number of primary amides is 1. The number of nitrogens with zero attached hydrogens (tertiary/aromatic N) is 3. The molecule has 0 bridgehead atoms. The highest BCUT2D eigenvalue weighted by Crippen LogP contribution is 2.27. The predicted octanol–water partition coefficient (Wildman–Crippen LogP) is -1.20.